The van der Waals surface area contributed by atoms with E-state index in [4.69, 9.17) is 5.11 Å². The summed E-state index contributed by atoms with van der Waals surface area (Å²) in [7, 11) is 0. The van der Waals surface area contributed by atoms with Crippen molar-refractivity contribution >= 4 is 45.2 Å². The van der Waals surface area contributed by atoms with Gasteiger partial charge in [0.25, 0.3) is 5.91 Å². The first-order chi connectivity index (χ1) is 8.56. The standard InChI is InChI=1S/C10H6BrN3O3S/c11-6-1-5(10(16)17)2-7(3-6)13-9(15)8-4-12-18-14-8/h1-4H,(H,13,15)(H,16,17). The highest BCUT2D eigenvalue weighted by Crippen LogP contribution is 2.20. The fourth-order valence-electron chi connectivity index (χ4n) is 1.25. The number of nitrogens with one attached hydrogen (secondary N) is 1. The van der Waals surface area contributed by atoms with Gasteiger partial charge in [0.1, 0.15) is 0 Å². The minimum Gasteiger partial charge on any atom is -0.478 e. The maximum atomic E-state index is 11.7. The Kier molecular flexibility index (Phi) is 3.68. The predicted octanol–water partition coefficient (Wildman–Crippen LogP) is 2.25. The Morgan fingerprint density at radius 1 is 1.33 bits per heavy atom. The van der Waals surface area contributed by atoms with E-state index >= 15 is 0 Å². The summed E-state index contributed by atoms with van der Waals surface area (Å²) in [5, 5.41) is 11.4. The van der Waals surface area contributed by atoms with Crippen LogP contribution in [-0.2, 0) is 0 Å². The maximum Gasteiger partial charge on any atom is 0.335 e. The van der Waals surface area contributed by atoms with Crippen molar-refractivity contribution in [3.63, 3.8) is 0 Å². The fourth-order valence-corrected chi connectivity index (χ4v) is 2.15. The number of carboxylic acid groups (broad SMARTS) is 1. The molecule has 2 N–H and O–H groups in total. The smallest absolute Gasteiger partial charge is 0.335 e. The van der Waals surface area contributed by atoms with Gasteiger partial charge in [-0.2, -0.15) is 8.75 Å². The number of aromatic nitrogens is 2. The molecule has 18 heavy (non-hydrogen) atoms. The number of carbonyl (C=O) groups excluding carboxylic acids is 1. The van der Waals surface area contributed by atoms with Gasteiger partial charge in [-0.05, 0) is 18.2 Å². The molecule has 0 aliphatic rings. The lowest BCUT2D eigenvalue weighted by Gasteiger charge is -2.05. The molecule has 1 aromatic carbocycles. The Hall–Kier alpha value is -1.80. The maximum absolute atomic E-state index is 11.7. The predicted molar refractivity (Wildman–Crippen MR) is 69.0 cm³/mol. The van der Waals surface area contributed by atoms with Gasteiger partial charge in [0.15, 0.2) is 5.69 Å². The van der Waals surface area contributed by atoms with Crippen molar-refractivity contribution in [2.24, 2.45) is 0 Å². The van der Waals surface area contributed by atoms with Crippen LogP contribution < -0.4 is 5.32 Å². The number of carboxylic acids is 1. The second kappa shape index (κ2) is 5.23. The number of aromatic carboxylic acids is 1. The summed E-state index contributed by atoms with van der Waals surface area (Å²) in [6, 6.07) is 4.41. The van der Waals surface area contributed by atoms with E-state index in [-0.39, 0.29) is 11.3 Å². The number of amides is 1. The minimum atomic E-state index is -1.07. The molecule has 0 fully saturated rings. The molecule has 0 unspecified atom stereocenters. The highest BCUT2D eigenvalue weighted by atomic mass is 79.9. The molecular formula is C10H6BrN3O3S. The van der Waals surface area contributed by atoms with E-state index in [1.807, 2.05) is 0 Å². The summed E-state index contributed by atoms with van der Waals surface area (Å²) < 4.78 is 8.06. The third kappa shape index (κ3) is 2.90. The average Bonchev–Trinajstić information content (AvgIpc) is 2.81. The van der Waals surface area contributed by atoms with Gasteiger partial charge in [0.05, 0.1) is 23.5 Å². The molecule has 2 rings (SSSR count). The van der Waals surface area contributed by atoms with Gasteiger partial charge in [0.2, 0.25) is 0 Å². The molecule has 2 aromatic rings. The molecule has 6 nitrogen and oxygen atoms in total. The monoisotopic (exact) mass is 327 g/mol. The van der Waals surface area contributed by atoms with E-state index in [1.54, 1.807) is 6.07 Å². The first-order valence-corrected chi connectivity index (χ1v) is 6.21. The lowest BCUT2D eigenvalue weighted by atomic mass is 10.2. The van der Waals surface area contributed by atoms with Gasteiger partial charge in [-0.1, -0.05) is 15.9 Å². The van der Waals surface area contributed by atoms with Crippen LogP contribution in [0.15, 0.2) is 28.9 Å². The van der Waals surface area contributed by atoms with Crippen molar-refractivity contribution in [3.05, 3.63) is 40.1 Å². The van der Waals surface area contributed by atoms with Gasteiger partial charge in [0, 0.05) is 10.2 Å². The zero-order valence-corrected chi connectivity index (χ0v) is 11.2. The second-order valence-corrected chi connectivity index (χ2v) is 4.75. The number of anilines is 1. The summed E-state index contributed by atoms with van der Waals surface area (Å²) in [6.07, 6.45) is 1.34. The Labute approximate surface area is 114 Å². The fraction of sp³-hybridized carbons (Fsp3) is 0. The summed E-state index contributed by atoms with van der Waals surface area (Å²) in [6.45, 7) is 0. The summed E-state index contributed by atoms with van der Waals surface area (Å²) in [5.41, 5.74) is 0.646. The van der Waals surface area contributed by atoms with Crippen LogP contribution in [0.25, 0.3) is 0 Å². The Balaban J connectivity index is 2.24. The summed E-state index contributed by atoms with van der Waals surface area (Å²) >= 11 is 4.10. The van der Waals surface area contributed by atoms with Crippen LogP contribution in [0.5, 0.6) is 0 Å². The zero-order chi connectivity index (χ0) is 13.1. The number of rotatable bonds is 3. The summed E-state index contributed by atoms with van der Waals surface area (Å²) in [4.78, 5) is 22.6. The van der Waals surface area contributed by atoms with Crippen molar-refractivity contribution in [2.75, 3.05) is 5.32 Å². The van der Waals surface area contributed by atoms with Crippen molar-refractivity contribution in [3.8, 4) is 0 Å². The van der Waals surface area contributed by atoms with Gasteiger partial charge < -0.3 is 10.4 Å². The molecule has 0 aliphatic heterocycles. The average molecular weight is 328 g/mol. The largest absolute Gasteiger partial charge is 0.478 e. The zero-order valence-electron chi connectivity index (χ0n) is 8.75. The molecule has 0 saturated heterocycles. The number of nitrogens with zero attached hydrogens (tertiary/aromatic N) is 2. The molecule has 0 spiro atoms. The molecule has 0 saturated carbocycles. The Morgan fingerprint density at radius 2 is 2.11 bits per heavy atom. The van der Waals surface area contributed by atoms with E-state index in [9.17, 15) is 9.59 Å². The molecule has 0 atom stereocenters. The van der Waals surface area contributed by atoms with Crippen LogP contribution in [0.1, 0.15) is 20.8 Å². The number of halogens is 1. The second-order valence-electron chi connectivity index (χ2n) is 3.28. The van der Waals surface area contributed by atoms with E-state index in [2.05, 4.69) is 30.0 Å². The topological polar surface area (TPSA) is 92.2 Å². The van der Waals surface area contributed by atoms with Gasteiger partial charge >= 0.3 is 5.97 Å². The van der Waals surface area contributed by atoms with Gasteiger partial charge in [-0.15, -0.1) is 0 Å². The Morgan fingerprint density at radius 3 is 2.72 bits per heavy atom. The molecular weight excluding hydrogens is 322 g/mol. The van der Waals surface area contributed by atoms with Crippen molar-refractivity contribution in [1.29, 1.82) is 0 Å². The van der Waals surface area contributed by atoms with Crippen molar-refractivity contribution in [1.82, 2.24) is 8.75 Å². The number of benzene rings is 1. The van der Waals surface area contributed by atoms with Crippen LogP contribution in [0.2, 0.25) is 0 Å². The van der Waals surface area contributed by atoms with Gasteiger partial charge in [-0.25, -0.2) is 4.79 Å². The van der Waals surface area contributed by atoms with Gasteiger partial charge in [-0.3, -0.25) is 4.79 Å². The highest BCUT2D eigenvalue weighted by molar-refractivity contribution is 9.10. The van der Waals surface area contributed by atoms with E-state index in [0.29, 0.717) is 10.2 Å². The molecule has 1 heterocycles. The van der Waals surface area contributed by atoms with E-state index in [1.165, 1.54) is 18.3 Å². The minimum absolute atomic E-state index is 0.0797. The lowest BCUT2D eigenvalue weighted by molar-refractivity contribution is 0.0696. The van der Waals surface area contributed by atoms with Crippen LogP contribution in [-0.4, -0.2) is 25.7 Å². The lowest BCUT2D eigenvalue weighted by Crippen LogP contribution is -2.12. The molecule has 1 aromatic heterocycles. The third-order valence-electron chi connectivity index (χ3n) is 2.00. The van der Waals surface area contributed by atoms with Crippen molar-refractivity contribution in [2.45, 2.75) is 0 Å². The van der Waals surface area contributed by atoms with Crippen LogP contribution in [0, 0.1) is 0 Å². The normalized spacial score (nSPS) is 10.1. The van der Waals surface area contributed by atoms with Crippen molar-refractivity contribution < 1.29 is 14.7 Å². The van der Waals surface area contributed by atoms with Crippen LogP contribution >= 0.6 is 27.7 Å². The first kappa shape index (κ1) is 12.7. The number of hydrogen-bond donors (Lipinski definition) is 2. The molecule has 0 bridgehead atoms. The van der Waals surface area contributed by atoms with Crippen LogP contribution in [0.3, 0.4) is 0 Å². The molecule has 92 valence electrons. The number of carbonyl (C=O) groups is 2. The van der Waals surface area contributed by atoms with Crippen LogP contribution in [0.4, 0.5) is 5.69 Å². The first-order valence-electron chi connectivity index (χ1n) is 4.69. The quantitative estimate of drug-likeness (QED) is 0.901. The third-order valence-corrected chi connectivity index (χ3v) is 2.93. The molecule has 8 heteroatoms. The molecule has 1 amide bonds. The van der Waals surface area contributed by atoms with E-state index in [0.717, 1.165) is 11.7 Å². The summed E-state index contributed by atoms with van der Waals surface area (Å²) in [5.74, 6) is -1.50. The Bertz CT molecular complexity index is 600. The van der Waals surface area contributed by atoms with E-state index < -0.39 is 11.9 Å². The highest BCUT2D eigenvalue weighted by Gasteiger charge is 2.11. The molecule has 0 aliphatic carbocycles. The molecule has 0 radical (unpaired) electrons. The number of hydrogen-bond acceptors (Lipinski definition) is 5. The SMILES string of the molecule is O=C(O)c1cc(Br)cc(NC(=O)c2cnsn2)c1.